The van der Waals surface area contributed by atoms with Crippen LogP contribution in [-0.4, -0.2) is 69.3 Å². The largest absolute Gasteiger partial charge is 0.493 e. The summed E-state index contributed by atoms with van der Waals surface area (Å²) >= 11 is 0. The van der Waals surface area contributed by atoms with Crippen LogP contribution in [0.3, 0.4) is 0 Å². The molecule has 1 fully saturated rings. The first-order chi connectivity index (χ1) is 16.5. The van der Waals surface area contributed by atoms with Gasteiger partial charge in [0.25, 0.3) is 11.9 Å². The molecular formula is C23H29ClN8O3. The number of piperidine rings is 1. The zero-order chi connectivity index (χ0) is 23.7. The Hall–Kier alpha value is -3.28. The lowest BCUT2D eigenvalue weighted by atomic mass is 9.79. The van der Waals surface area contributed by atoms with Crippen molar-refractivity contribution in [1.29, 1.82) is 0 Å². The number of nitrogens with two attached hydrogens (primary N) is 1. The first-order valence-electron chi connectivity index (χ1n) is 11.3. The van der Waals surface area contributed by atoms with Gasteiger partial charge in [-0.25, -0.2) is 0 Å². The number of methoxy groups -OCH3 is 1. The summed E-state index contributed by atoms with van der Waals surface area (Å²) in [6.07, 6.45) is 3.58. The summed E-state index contributed by atoms with van der Waals surface area (Å²) in [6, 6.07) is 8.38. The number of hydrogen-bond donors (Lipinski definition) is 3. The van der Waals surface area contributed by atoms with Gasteiger partial charge in [0.2, 0.25) is 0 Å². The number of aromatic amines is 1. The Morgan fingerprint density at radius 1 is 1.31 bits per heavy atom. The molecule has 5 rings (SSSR count). The van der Waals surface area contributed by atoms with Crippen molar-refractivity contribution in [1.82, 2.24) is 30.5 Å². The third kappa shape index (κ3) is 5.21. The molecule has 4 heterocycles. The van der Waals surface area contributed by atoms with Crippen molar-refractivity contribution in [3.8, 4) is 11.5 Å². The Labute approximate surface area is 209 Å². The first kappa shape index (κ1) is 24.8. The first-order valence-corrected chi connectivity index (χ1v) is 11.3. The van der Waals surface area contributed by atoms with Gasteiger partial charge in [0.15, 0.2) is 18.1 Å². The maximum absolute atomic E-state index is 12.1. The number of anilines is 1. The Morgan fingerprint density at radius 2 is 2.17 bits per heavy atom. The Balaban J connectivity index is 0.00000289. The van der Waals surface area contributed by atoms with E-state index in [-0.39, 0.29) is 48.9 Å². The average Bonchev–Trinajstić information content (AvgIpc) is 3.34. The van der Waals surface area contributed by atoms with Crippen molar-refractivity contribution < 1.29 is 14.3 Å². The normalized spacial score (nSPS) is 21.3. The molecule has 186 valence electrons. The van der Waals surface area contributed by atoms with Crippen LogP contribution in [-0.2, 0) is 11.2 Å². The highest BCUT2D eigenvalue weighted by Crippen LogP contribution is 2.44. The van der Waals surface area contributed by atoms with Gasteiger partial charge in [-0.05, 0) is 65.9 Å². The number of carbonyl (C=O) groups is 1. The summed E-state index contributed by atoms with van der Waals surface area (Å²) < 4.78 is 11.4. The molecule has 0 radical (unpaired) electrons. The van der Waals surface area contributed by atoms with Crippen molar-refractivity contribution in [3.63, 3.8) is 0 Å². The smallest absolute Gasteiger partial charge is 0.269 e. The van der Waals surface area contributed by atoms with Gasteiger partial charge >= 0.3 is 0 Å². The van der Waals surface area contributed by atoms with E-state index in [0.29, 0.717) is 11.5 Å². The van der Waals surface area contributed by atoms with Crippen molar-refractivity contribution in [3.05, 3.63) is 52.8 Å². The molecule has 0 aliphatic carbocycles. The summed E-state index contributed by atoms with van der Waals surface area (Å²) in [5, 5.41) is 15.6. The molecule has 11 nitrogen and oxygen atoms in total. The molecule has 0 unspecified atom stereocenters. The molecule has 1 aromatic carbocycles. The lowest BCUT2D eigenvalue weighted by molar-refractivity contribution is -0.118. The third-order valence-electron chi connectivity index (χ3n) is 6.61. The number of H-pyrrole nitrogens is 1. The summed E-state index contributed by atoms with van der Waals surface area (Å²) in [7, 11) is 1.60. The minimum absolute atomic E-state index is 0. The second-order valence-electron chi connectivity index (χ2n) is 8.80. The maximum Gasteiger partial charge on any atom is 0.269 e. The Morgan fingerprint density at radius 3 is 2.91 bits per heavy atom. The number of carbonyl (C=O) groups excluding carboxylic acids is 1. The fourth-order valence-electron chi connectivity index (χ4n) is 4.93. The van der Waals surface area contributed by atoms with Crippen LogP contribution in [0.1, 0.15) is 40.8 Å². The third-order valence-corrected chi connectivity index (χ3v) is 6.61. The van der Waals surface area contributed by atoms with E-state index >= 15 is 0 Å². The number of benzene rings is 1. The molecule has 12 heteroatoms. The molecule has 1 amide bonds. The number of ether oxygens (including phenoxy) is 2. The number of fused-ring (bicyclic) bond motifs is 3. The van der Waals surface area contributed by atoms with Gasteiger partial charge in [0.05, 0.1) is 7.11 Å². The van der Waals surface area contributed by atoms with E-state index in [1.807, 2.05) is 24.4 Å². The van der Waals surface area contributed by atoms with E-state index in [9.17, 15) is 4.79 Å². The highest BCUT2D eigenvalue weighted by atomic mass is 35.5. The number of aryl methyl sites for hydroxylation is 1. The number of halogens is 1. The summed E-state index contributed by atoms with van der Waals surface area (Å²) in [5.74, 6) is 1.03. The van der Waals surface area contributed by atoms with Crippen LogP contribution >= 0.6 is 12.4 Å². The van der Waals surface area contributed by atoms with Gasteiger partial charge in [-0.2, -0.15) is 5.21 Å². The molecule has 3 atom stereocenters. The molecule has 4 N–H and O–H groups in total. The highest BCUT2D eigenvalue weighted by molar-refractivity contribution is 5.90. The van der Waals surface area contributed by atoms with Crippen LogP contribution in [0.25, 0.3) is 0 Å². The number of aromatic nitrogens is 5. The van der Waals surface area contributed by atoms with Gasteiger partial charge in [0, 0.05) is 43.0 Å². The lowest BCUT2D eigenvalue weighted by Gasteiger charge is -2.46. The summed E-state index contributed by atoms with van der Waals surface area (Å²) in [4.78, 5) is 19.2. The Bertz CT molecular complexity index is 1180. The average molecular weight is 501 g/mol. The molecule has 35 heavy (non-hydrogen) atoms. The summed E-state index contributed by atoms with van der Waals surface area (Å²) in [5.41, 5.74) is 11.3. The van der Waals surface area contributed by atoms with E-state index in [1.165, 1.54) is 16.7 Å². The van der Waals surface area contributed by atoms with Crippen LogP contribution in [0.5, 0.6) is 11.5 Å². The van der Waals surface area contributed by atoms with Gasteiger partial charge in [-0.15, -0.1) is 17.5 Å². The van der Waals surface area contributed by atoms with Crippen molar-refractivity contribution in [2.24, 2.45) is 5.73 Å². The van der Waals surface area contributed by atoms with E-state index in [2.05, 4.69) is 48.8 Å². The summed E-state index contributed by atoms with van der Waals surface area (Å²) in [6.45, 7) is 3.69. The minimum Gasteiger partial charge on any atom is -0.493 e. The van der Waals surface area contributed by atoms with Gasteiger partial charge in [-0.3, -0.25) is 20.0 Å². The van der Waals surface area contributed by atoms with Crippen molar-refractivity contribution in [2.45, 2.75) is 37.8 Å². The number of hydrogen-bond acceptors (Lipinski definition) is 9. The van der Waals surface area contributed by atoms with Crippen molar-refractivity contribution in [2.75, 3.05) is 32.1 Å². The van der Waals surface area contributed by atoms with Gasteiger partial charge < -0.3 is 15.2 Å². The number of nitrogens with one attached hydrogen (secondary N) is 2. The monoisotopic (exact) mass is 500 g/mol. The number of nitrogens with zero attached hydrogens (tertiary/aromatic N) is 5. The molecule has 2 aliphatic rings. The van der Waals surface area contributed by atoms with Crippen LogP contribution < -0.4 is 20.5 Å². The predicted molar refractivity (Wildman–Crippen MR) is 131 cm³/mol. The molecule has 3 aromatic rings. The van der Waals surface area contributed by atoms with E-state index in [0.717, 1.165) is 31.6 Å². The van der Waals surface area contributed by atoms with Crippen LogP contribution in [0.4, 0.5) is 5.95 Å². The van der Waals surface area contributed by atoms with E-state index < -0.39 is 0 Å². The topological polar surface area (TPSA) is 144 Å². The van der Waals surface area contributed by atoms with Crippen LogP contribution in [0, 0.1) is 6.92 Å². The number of rotatable bonds is 6. The molecule has 1 saturated heterocycles. The molecule has 0 bridgehead atoms. The number of pyridine rings is 1. The van der Waals surface area contributed by atoms with Crippen LogP contribution in [0.2, 0.25) is 0 Å². The fourth-order valence-corrected chi connectivity index (χ4v) is 4.93. The standard InChI is InChI=1S/C23H28N8O3.ClH/c1-13-3-5-25-18(7-13)16-11-31-6-4-14-8-21(34-12-22(32)26-23-27-29-30-28-23)20(33-2)9-15(14)19(31)10-17(16)24;/h3,5,7-9,16-17,19H,4,6,10-12,24H2,1-2H3,(H2,26,27,28,29,30,32);1H/t16-,17-,19-;/m0./s1. The maximum atomic E-state index is 12.1. The second-order valence-corrected chi connectivity index (χ2v) is 8.80. The molecule has 0 spiro atoms. The second kappa shape index (κ2) is 10.5. The minimum atomic E-state index is -0.388. The number of tetrazole rings is 1. The SMILES string of the molecule is COc1cc2c(cc1OCC(=O)Nc1nn[nH]n1)CCN1C[C@H](c3cc(C)ccn3)[C@@H](N)C[C@@H]21.Cl. The molecular weight excluding hydrogens is 472 g/mol. The highest BCUT2D eigenvalue weighted by Gasteiger charge is 2.39. The van der Waals surface area contributed by atoms with Crippen LogP contribution in [0.15, 0.2) is 30.5 Å². The predicted octanol–water partition coefficient (Wildman–Crippen LogP) is 1.77. The zero-order valence-corrected chi connectivity index (χ0v) is 20.4. The number of amides is 1. The molecule has 2 aliphatic heterocycles. The fraction of sp³-hybridized carbons (Fsp3) is 0.435. The lowest BCUT2D eigenvalue weighted by Crippen LogP contribution is -2.50. The quantitative estimate of drug-likeness (QED) is 0.461. The van der Waals surface area contributed by atoms with E-state index in [4.69, 9.17) is 15.2 Å². The van der Waals surface area contributed by atoms with Crippen molar-refractivity contribution >= 4 is 24.3 Å². The van der Waals surface area contributed by atoms with Gasteiger partial charge in [-0.1, -0.05) is 5.10 Å². The molecule has 0 saturated carbocycles. The van der Waals surface area contributed by atoms with Gasteiger partial charge in [0.1, 0.15) is 0 Å². The molecule has 2 aromatic heterocycles. The Kier molecular flexibility index (Phi) is 7.48. The van der Waals surface area contributed by atoms with E-state index in [1.54, 1.807) is 7.11 Å². The zero-order valence-electron chi connectivity index (χ0n) is 19.6.